The number of nitrogens with one attached hydrogen (secondary N) is 2. The van der Waals surface area contributed by atoms with Gasteiger partial charge in [0.15, 0.2) is 0 Å². The summed E-state index contributed by atoms with van der Waals surface area (Å²) in [7, 11) is 0. The van der Waals surface area contributed by atoms with Crippen molar-refractivity contribution >= 4 is 12.0 Å². The lowest BCUT2D eigenvalue weighted by molar-refractivity contribution is -0.141. The van der Waals surface area contributed by atoms with Crippen LogP contribution in [0.5, 0.6) is 0 Å². The maximum Gasteiger partial charge on any atom is 0.315 e. The molecule has 0 bridgehead atoms. The fourth-order valence-electron chi connectivity index (χ4n) is 1.64. The van der Waals surface area contributed by atoms with Crippen molar-refractivity contribution in [3.05, 3.63) is 17.0 Å². The molecule has 0 radical (unpaired) electrons. The second-order valence-corrected chi connectivity index (χ2v) is 4.91. The van der Waals surface area contributed by atoms with Gasteiger partial charge < -0.3 is 25.4 Å². The predicted octanol–water partition coefficient (Wildman–Crippen LogP) is 0.316. The molecule has 1 heterocycles. The number of hydrogen-bond donors (Lipinski definition) is 4. The monoisotopic (exact) mass is 285 g/mol. The molecule has 1 aromatic rings. The lowest BCUT2D eigenvalue weighted by Gasteiger charge is -2.21. The van der Waals surface area contributed by atoms with Crippen LogP contribution < -0.4 is 10.6 Å². The van der Waals surface area contributed by atoms with Crippen LogP contribution in [0.3, 0.4) is 0 Å². The molecule has 0 fully saturated rings. The zero-order valence-electron chi connectivity index (χ0n) is 11.7. The van der Waals surface area contributed by atoms with Gasteiger partial charge in [0.05, 0.1) is 17.7 Å². The number of aliphatic carboxylic acids is 1. The molecular weight excluding hydrogens is 266 g/mol. The Morgan fingerprint density at radius 2 is 2.00 bits per heavy atom. The standard InChI is InChI=1S/C12H19N3O5/c1-7-9(8(2)20-15-7)5-13-11(18)14-6-12(3,19)4-10(16)17/h19H,4-6H2,1-3H3,(H,16,17)(H2,13,14,18). The van der Waals surface area contributed by atoms with Gasteiger partial charge in [0.1, 0.15) is 5.76 Å². The van der Waals surface area contributed by atoms with Gasteiger partial charge >= 0.3 is 12.0 Å². The molecule has 0 aromatic carbocycles. The lowest BCUT2D eigenvalue weighted by Crippen LogP contribution is -2.45. The molecule has 1 aromatic heterocycles. The first-order valence-corrected chi connectivity index (χ1v) is 6.09. The molecule has 0 aliphatic rings. The van der Waals surface area contributed by atoms with E-state index in [1.165, 1.54) is 6.92 Å². The van der Waals surface area contributed by atoms with Crippen molar-refractivity contribution in [1.82, 2.24) is 15.8 Å². The van der Waals surface area contributed by atoms with Crippen LogP contribution in [0.15, 0.2) is 4.52 Å². The predicted molar refractivity (Wildman–Crippen MR) is 69.1 cm³/mol. The number of carbonyl (C=O) groups is 2. The van der Waals surface area contributed by atoms with Gasteiger partial charge in [-0.3, -0.25) is 4.79 Å². The number of aliphatic hydroxyl groups is 1. The normalized spacial score (nSPS) is 13.6. The van der Waals surface area contributed by atoms with E-state index in [9.17, 15) is 14.7 Å². The largest absolute Gasteiger partial charge is 0.481 e. The van der Waals surface area contributed by atoms with Crippen molar-refractivity contribution in [2.45, 2.75) is 39.3 Å². The summed E-state index contributed by atoms with van der Waals surface area (Å²) in [5, 5.41) is 27.1. The highest BCUT2D eigenvalue weighted by atomic mass is 16.5. The van der Waals surface area contributed by atoms with Crippen molar-refractivity contribution in [3.8, 4) is 0 Å². The Balaban J connectivity index is 2.40. The van der Waals surface area contributed by atoms with Crippen molar-refractivity contribution < 1.29 is 24.3 Å². The molecule has 0 saturated heterocycles. The van der Waals surface area contributed by atoms with Crippen LogP contribution in [0.2, 0.25) is 0 Å². The Kier molecular flexibility index (Phi) is 5.09. The number of rotatable bonds is 6. The molecule has 20 heavy (non-hydrogen) atoms. The molecule has 112 valence electrons. The Hall–Kier alpha value is -2.09. The summed E-state index contributed by atoms with van der Waals surface area (Å²) in [6.45, 7) is 4.94. The highest BCUT2D eigenvalue weighted by Gasteiger charge is 2.24. The highest BCUT2D eigenvalue weighted by molar-refractivity contribution is 5.74. The molecule has 1 unspecified atom stereocenters. The SMILES string of the molecule is Cc1noc(C)c1CNC(=O)NCC(C)(O)CC(=O)O. The Morgan fingerprint density at radius 3 is 2.50 bits per heavy atom. The topological polar surface area (TPSA) is 125 Å². The first-order chi connectivity index (χ1) is 9.21. The van der Waals surface area contributed by atoms with E-state index in [1.54, 1.807) is 13.8 Å². The van der Waals surface area contributed by atoms with Crippen LogP contribution in [0.4, 0.5) is 4.79 Å². The summed E-state index contributed by atoms with van der Waals surface area (Å²) in [6, 6.07) is -0.504. The molecule has 0 aliphatic carbocycles. The number of hydrogen-bond acceptors (Lipinski definition) is 5. The van der Waals surface area contributed by atoms with E-state index < -0.39 is 24.0 Å². The summed E-state index contributed by atoms with van der Waals surface area (Å²) in [5.41, 5.74) is -0.00948. The van der Waals surface area contributed by atoms with E-state index in [2.05, 4.69) is 15.8 Å². The van der Waals surface area contributed by atoms with Gasteiger partial charge in [-0.1, -0.05) is 5.16 Å². The average Bonchev–Trinajstić information content (AvgIpc) is 2.62. The second-order valence-electron chi connectivity index (χ2n) is 4.91. The third-order valence-electron chi connectivity index (χ3n) is 2.77. The summed E-state index contributed by atoms with van der Waals surface area (Å²) in [5.74, 6) is -0.506. The number of carboxylic acid groups (broad SMARTS) is 1. The van der Waals surface area contributed by atoms with E-state index in [-0.39, 0.29) is 13.1 Å². The zero-order valence-corrected chi connectivity index (χ0v) is 11.7. The Labute approximate surface area is 116 Å². The van der Waals surface area contributed by atoms with Crippen LogP contribution in [0, 0.1) is 13.8 Å². The summed E-state index contributed by atoms with van der Waals surface area (Å²) in [4.78, 5) is 22.1. The maximum atomic E-state index is 11.6. The Bertz CT molecular complexity index is 476. The summed E-state index contributed by atoms with van der Waals surface area (Å²) >= 11 is 0. The lowest BCUT2D eigenvalue weighted by atomic mass is 10.0. The van der Waals surface area contributed by atoms with Crippen LogP contribution in [-0.2, 0) is 11.3 Å². The van der Waals surface area contributed by atoms with Crippen molar-refractivity contribution in [2.24, 2.45) is 0 Å². The van der Waals surface area contributed by atoms with E-state index in [4.69, 9.17) is 9.63 Å². The molecule has 8 nitrogen and oxygen atoms in total. The first kappa shape index (κ1) is 16.0. The smallest absolute Gasteiger partial charge is 0.315 e. The number of amides is 2. The van der Waals surface area contributed by atoms with Crippen LogP contribution in [-0.4, -0.2) is 39.5 Å². The zero-order chi connectivity index (χ0) is 15.3. The molecule has 8 heteroatoms. The Morgan fingerprint density at radius 1 is 1.35 bits per heavy atom. The molecule has 1 rings (SSSR count). The molecule has 0 spiro atoms. The van der Waals surface area contributed by atoms with Gasteiger partial charge in [-0.2, -0.15) is 0 Å². The molecule has 2 amide bonds. The van der Waals surface area contributed by atoms with Crippen molar-refractivity contribution in [2.75, 3.05) is 6.54 Å². The van der Waals surface area contributed by atoms with E-state index >= 15 is 0 Å². The van der Waals surface area contributed by atoms with Gasteiger partial charge in [-0.05, 0) is 20.8 Å². The van der Waals surface area contributed by atoms with Crippen molar-refractivity contribution in [1.29, 1.82) is 0 Å². The van der Waals surface area contributed by atoms with Gasteiger partial charge in [0.2, 0.25) is 0 Å². The maximum absolute atomic E-state index is 11.6. The average molecular weight is 285 g/mol. The van der Waals surface area contributed by atoms with Gasteiger partial charge in [-0.25, -0.2) is 4.79 Å². The summed E-state index contributed by atoms with van der Waals surface area (Å²) in [6.07, 6.45) is -0.447. The number of carboxylic acids is 1. The quantitative estimate of drug-likeness (QED) is 0.596. The van der Waals surface area contributed by atoms with Gasteiger partial charge in [0, 0.05) is 18.7 Å². The molecule has 1 atom stereocenters. The van der Waals surface area contributed by atoms with E-state index in [0.717, 1.165) is 5.56 Å². The number of aryl methyl sites for hydroxylation is 2. The minimum atomic E-state index is -1.49. The molecular formula is C12H19N3O5. The summed E-state index contributed by atoms with van der Waals surface area (Å²) < 4.78 is 4.96. The van der Waals surface area contributed by atoms with Crippen LogP contribution in [0.1, 0.15) is 30.4 Å². The second kappa shape index (κ2) is 6.38. The minimum absolute atomic E-state index is 0.160. The van der Waals surface area contributed by atoms with Crippen LogP contribution in [0.25, 0.3) is 0 Å². The van der Waals surface area contributed by atoms with Crippen LogP contribution >= 0.6 is 0 Å². The van der Waals surface area contributed by atoms with E-state index in [1.807, 2.05) is 0 Å². The highest BCUT2D eigenvalue weighted by Crippen LogP contribution is 2.11. The number of urea groups is 1. The number of aromatic nitrogens is 1. The number of carbonyl (C=O) groups excluding carboxylic acids is 1. The fraction of sp³-hybridized carbons (Fsp3) is 0.583. The number of nitrogens with zero attached hydrogens (tertiary/aromatic N) is 1. The molecule has 0 saturated carbocycles. The van der Waals surface area contributed by atoms with Crippen molar-refractivity contribution in [3.63, 3.8) is 0 Å². The first-order valence-electron chi connectivity index (χ1n) is 6.09. The third-order valence-corrected chi connectivity index (χ3v) is 2.77. The van der Waals surface area contributed by atoms with Gasteiger partial charge in [-0.15, -0.1) is 0 Å². The molecule has 0 aliphatic heterocycles. The minimum Gasteiger partial charge on any atom is -0.481 e. The third kappa shape index (κ3) is 4.88. The van der Waals surface area contributed by atoms with E-state index in [0.29, 0.717) is 11.5 Å². The fourth-order valence-corrected chi connectivity index (χ4v) is 1.64. The molecule has 4 N–H and O–H groups in total. The van der Waals surface area contributed by atoms with Gasteiger partial charge in [0.25, 0.3) is 0 Å².